The summed E-state index contributed by atoms with van der Waals surface area (Å²) in [6.07, 6.45) is 0. The minimum absolute atomic E-state index is 0.127. The van der Waals surface area contributed by atoms with E-state index in [4.69, 9.17) is 12.2 Å². The minimum atomic E-state index is -0.774. The molecule has 0 saturated carbocycles. The van der Waals surface area contributed by atoms with E-state index in [-0.39, 0.29) is 16.8 Å². The Balaban J connectivity index is 1.80. The molecule has 0 radical (unpaired) electrons. The Bertz CT molecular complexity index is 811. The second kappa shape index (κ2) is 8.91. The van der Waals surface area contributed by atoms with Crippen LogP contribution in [0.15, 0.2) is 48.5 Å². The summed E-state index contributed by atoms with van der Waals surface area (Å²) in [4.78, 5) is 24.2. The molecule has 136 valence electrons. The zero-order chi connectivity index (χ0) is 19.1. The van der Waals surface area contributed by atoms with Gasteiger partial charge in [-0.1, -0.05) is 17.7 Å². The van der Waals surface area contributed by atoms with Gasteiger partial charge in [-0.05, 0) is 62.5 Å². The molecule has 2 aromatic rings. The highest BCUT2D eigenvalue weighted by molar-refractivity contribution is 7.80. The average Bonchev–Trinajstić information content (AvgIpc) is 2.61. The molecule has 4 N–H and O–H groups in total. The van der Waals surface area contributed by atoms with Crippen molar-refractivity contribution in [1.29, 1.82) is 0 Å². The lowest BCUT2D eigenvalue weighted by atomic mass is 10.1. The first-order valence-corrected chi connectivity index (χ1v) is 8.26. The standard InChI is InChI=1S/C18H19FN4O2S/c1-11-4-3-5-13(10-11)17(25)20-12(2)16(24)22-23-18(26)21-15-8-6-14(19)7-9-15/h3-10,12H,1-2H3,(H,20,25)(H,22,24)(H2,21,23,26)/t12-/m0/s1. The number of carbonyl (C=O) groups excluding carboxylic acids is 2. The van der Waals surface area contributed by atoms with Gasteiger partial charge in [0.15, 0.2) is 5.11 Å². The minimum Gasteiger partial charge on any atom is -0.340 e. The maximum atomic E-state index is 12.8. The molecule has 26 heavy (non-hydrogen) atoms. The van der Waals surface area contributed by atoms with Crippen LogP contribution < -0.4 is 21.5 Å². The number of rotatable bonds is 4. The van der Waals surface area contributed by atoms with E-state index >= 15 is 0 Å². The maximum Gasteiger partial charge on any atom is 0.260 e. The molecule has 0 unspecified atom stereocenters. The van der Waals surface area contributed by atoms with E-state index in [0.717, 1.165) is 5.56 Å². The van der Waals surface area contributed by atoms with Gasteiger partial charge in [-0.2, -0.15) is 0 Å². The number of aryl methyl sites for hydroxylation is 1. The highest BCUT2D eigenvalue weighted by Gasteiger charge is 2.16. The molecule has 0 heterocycles. The summed E-state index contributed by atoms with van der Waals surface area (Å²) < 4.78 is 12.8. The number of benzene rings is 2. The molecule has 0 aliphatic carbocycles. The van der Waals surface area contributed by atoms with Crippen LogP contribution in [0.2, 0.25) is 0 Å². The molecular formula is C18H19FN4O2S. The fourth-order valence-electron chi connectivity index (χ4n) is 2.05. The first kappa shape index (κ1) is 19.3. The fraction of sp³-hybridized carbons (Fsp3) is 0.167. The zero-order valence-electron chi connectivity index (χ0n) is 14.3. The topological polar surface area (TPSA) is 82.3 Å². The lowest BCUT2D eigenvalue weighted by Crippen LogP contribution is -2.51. The van der Waals surface area contributed by atoms with Gasteiger partial charge >= 0.3 is 0 Å². The number of anilines is 1. The lowest BCUT2D eigenvalue weighted by molar-refractivity contribution is -0.123. The van der Waals surface area contributed by atoms with Crippen molar-refractivity contribution in [2.45, 2.75) is 19.9 Å². The number of hydrazine groups is 1. The highest BCUT2D eigenvalue weighted by Crippen LogP contribution is 2.07. The quantitative estimate of drug-likeness (QED) is 0.488. The van der Waals surface area contributed by atoms with Crippen LogP contribution in [-0.4, -0.2) is 23.0 Å². The zero-order valence-corrected chi connectivity index (χ0v) is 15.1. The van der Waals surface area contributed by atoms with Crippen LogP contribution in [0.25, 0.3) is 0 Å². The van der Waals surface area contributed by atoms with Crippen molar-refractivity contribution in [1.82, 2.24) is 16.2 Å². The second-order valence-electron chi connectivity index (χ2n) is 5.64. The molecule has 2 amide bonds. The molecule has 6 nitrogen and oxygen atoms in total. The predicted octanol–water partition coefficient (Wildman–Crippen LogP) is 2.27. The molecule has 0 aliphatic rings. The van der Waals surface area contributed by atoms with E-state index in [9.17, 15) is 14.0 Å². The number of hydrogen-bond acceptors (Lipinski definition) is 3. The normalized spacial score (nSPS) is 11.2. The van der Waals surface area contributed by atoms with Gasteiger partial charge in [-0.25, -0.2) is 4.39 Å². The van der Waals surface area contributed by atoms with Gasteiger partial charge in [-0.3, -0.25) is 20.4 Å². The summed E-state index contributed by atoms with van der Waals surface area (Å²) in [5.74, 6) is -1.17. The largest absolute Gasteiger partial charge is 0.340 e. The summed E-state index contributed by atoms with van der Waals surface area (Å²) in [5.41, 5.74) is 6.92. The van der Waals surface area contributed by atoms with Gasteiger partial charge in [0.05, 0.1) is 0 Å². The van der Waals surface area contributed by atoms with E-state index in [2.05, 4.69) is 21.5 Å². The summed E-state index contributed by atoms with van der Waals surface area (Å²) in [6.45, 7) is 3.44. The summed E-state index contributed by atoms with van der Waals surface area (Å²) >= 11 is 5.03. The highest BCUT2D eigenvalue weighted by atomic mass is 32.1. The lowest BCUT2D eigenvalue weighted by Gasteiger charge is -2.16. The fourth-order valence-corrected chi connectivity index (χ4v) is 2.22. The first-order valence-electron chi connectivity index (χ1n) is 7.85. The molecule has 0 saturated heterocycles. The molecule has 2 rings (SSSR count). The average molecular weight is 374 g/mol. The van der Waals surface area contributed by atoms with Gasteiger partial charge in [0.2, 0.25) is 0 Å². The van der Waals surface area contributed by atoms with Crippen molar-refractivity contribution in [3.8, 4) is 0 Å². The Morgan fingerprint density at radius 2 is 1.77 bits per heavy atom. The molecule has 0 spiro atoms. The number of halogens is 1. The van der Waals surface area contributed by atoms with Crippen LogP contribution in [-0.2, 0) is 4.79 Å². The van der Waals surface area contributed by atoms with Gasteiger partial charge in [0.25, 0.3) is 11.8 Å². The monoisotopic (exact) mass is 374 g/mol. The summed E-state index contributed by atoms with van der Waals surface area (Å²) in [5, 5.41) is 5.52. The van der Waals surface area contributed by atoms with E-state index in [1.54, 1.807) is 25.1 Å². The molecule has 0 aliphatic heterocycles. The number of carbonyl (C=O) groups is 2. The first-order chi connectivity index (χ1) is 12.3. The van der Waals surface area contributed by atoms with E-state index < -0.39 is 11.9 Å². The third-order valence-electron chi connectivity index (χ3n) is 3.42. The van der Waals surface area contributed by atoms with Crippen molar-refractivity contribution in [2.75, 3.05) is 5.32 Å². The van der Waals surface area contributed by atoms with E-state index in [1.807, 2.05) is 13.0 Å². The van der Waals surface area contributed by atoms with Gasteiger partial charge in [0.1, 0.15) is 11.9 Å². The van der Waals surface area contributed by atoms with Crippen molar-refractivity contribution in [3.63, 3.8) is 0 Å². The number of hydrogen-bond donors (Lipinski definition) is 4. The number of nitrogens with one attached hydrogen (secondary N) is 4. The molecule has 1 atom stereocenters. The third-order valence-corrected chi connectivity index (χ3v) is 3.63. The number of thiocarbonyl (C=S) groups is 1. The Morgan fingerprint density at radius 3 is 2.42 bits per heavy atom. The Kier molecular flexibility index (Phi) is 6.62. The Hall–Kier alpha value is -3.00. The van der Waals surface area contributed by atoms with Crippen LogP contribution in [0, 0.1) is 12.7 Å². The molecular weight excluding hydrogens is 355 g/mol. The smallest absolute Gasteiger partial charge is 0.260 e. The van der Waals surface area contributed by atoms with Crippen LogP contribution in [0.3, 0.4) is 0 Å². The van der Waals surface area contributed by atoms with Gasteiger partial charge in [-0.15, -0.1) is 0 Å². The predicted molar refractivity (Wildman–Crippen MR) is 102 cm³/mol. The number of amides is 2. The SMILES string of the molecule is Cc1cccc(C(=O)N[C@@H](C)C(=O)NNC(=S)Nc2ccc(F)cc2)c1. The molecule has 0 fully saturated rings. The van der Waals surface area contributed by atoms with Crippen LogP contribution >= 0.6 is 12.2 Å². The van der Waals surface area contributed by atoms with Crippen molar-refractivity contribution in [2.24, 2.45) is 0 Å². The van der Waals surface area contributed by atoms with Gasteiger partial charge in [0, 0.05) is 11.3 Å². The third kappa shape index (κ3) is 5.82. The van der Waals surface area contributed by atoms with Gasteiger partial charge < -0.3 is 10.6 Å². The molecule has 0 aromatic heterocycles. The van der Waals surface area contributed by atoms with E-state index in [1.165, 1.54) is 24.3 Å². The second-order valence-corrected chi connectivity index (χ2v) is 6.05. The van der Waals surface area contributed by atoms with Crippen molar-refractivity contribution in [3.05, 3.63) is 65.5 Å². The molecule has 0 bridgehead atoms. The van der Waals surface area contributed by atoms with Crippen LogP contribution in [0.1, 0.15) is 22.8 Å². The molecule has 8 heteroatoms. The van der Waals surface area contributed by atoms with Crippen LogP contribution in [0.5, 0.6) is 0 Å². The Morgan fingerprint density at radius 1 is 1.08 bits per heavy atom. The Labute approximate surface area is 156 Å². The van der Waals surface area contributed by atoms with Crippen molar-refractivity contribution < 1.29 is 14.0 Å². The maximum absolute atomic E-state index is 12.8. The molecule has 2 aromatic carbocycles. The van der Waals surface area contributed by atoms with E-state index in [0.29, 0.717) is 11.3 Å². The van der Waals surface area contributed by atoms with Crippen molar-refractivity contribution >= 4 is 34.8 Å². The summed E-state index contributed by atoms with van der Waals surface area (Å²) in [6, 6.07) is 11.9. The van der Waals surface area contributed by atoms with Crippen LogP contribution in [0.4, 0.5) is 10.1 Å². The summed E-state index contributed by atoms with van der Waals surface area (Å²) in [7, 11) is 0.